The molecule has 106 valence electrons. The Bertz CT molecular complexity index is 396. The molecule has 1 atom stereocenters. The van der Waals surface area contributed by atoms with Crippen molar-refractivity contribution in [2.45, 2.75) is 32.2 Å². The second kappa shape index (κ2) is 6.69. The van der Waals surface area contributed by atoms with E-state index in [0.29, 0.717) is 11.6 Å². The van der Waals surface area contributed by atoms with Crippen LogP contribution in [0.3, 0.4) is 0 Å². The van der Waals surface area contributed by atoms with Gasteiger partial charge in [0.2, 0.25) is 0 Å². The van der Waals surface area contributed by atoms with Crippen LogP contribution in [0.15, 0.2) is 18.2 Å². The molecule has 0 spiro atoms. The molecule has 2 N–H and O–H groups in total. The summed E-state index contributed by atoms with van der Waals surface area (Å²) in [7, 11) is 0. The maximum absolute atomic E-state index is 13.5. The van der Waals surface area contributed by atoms with E-state index in [-0.39, 0.29) is 11.9 Å². The molecule has 2 nitrogen and oxygen atoms in total. The lowest BCUT2D eigenvalue weighted by atomic mass is 9.92. The van der Waals surface area contributed by atoms with Crippen molar-refractivity contribution in [2.75, 3.05) is 19.6 Å². The first kappa shape index (κ1) is 14.8. The van der Waals surface area contributed by atoms with Crippen molar-refractivity contribution in [3.8, 4) is 0 Å². The molecule has 1 aliphatic heterocycles. The summed E-state index contributed by atoms with van der Waals surface area (Å²) in [6, 6.07) is 4.79. The summed E-state index contributed by atoms with van der Waals surface area (Å²) in [4.78, 5) is 2.36. The van der Waals surface area contributed by atoms with E-state index in [2.05, 4.69) is 11.8 Å². The first-order valence-corrected chi connectivity index (χ1v) is 7.42. The largest absolute Gasteiger partial charge is 0.329 e. The summed E-state index contributed by atoms with van der Waals surface area (Å²) in [6.45, 7) is 4.81. The van der Waals surface area contributed by atoms with Crippen LogP contribution in [-0.2, 0) is 0 Å². The Labute approximate surface area is 119 Å². The van der Waals surface area contributed by atoms with Gasteiger partial charge in [0, 0.05) is 17.6 Å². The first-order chi connectivity index (χ1) is 9.13. The SMILES string of the molecule is CCC1CCN(C(CN)c2cc(F)cc(Cl)c2)CC1. The maximum atomic E-state index is 13.5. The monoisotopic (exact) mass is 284 g/mol. The quantitative estimate of drug-likeness (QED) is 0.915. The molecule has 1 heterocycles. The third-order valence-electron chi connectivity index (χ3n) is 4.16. The molecule has 1 aromatic rings. The third-order valence-corrected chi connectivity index (χ3v) is 4.38. The molecule has 0 radical (unpaired) electrons. The van der Waals surface area contributed by atoms with Crippen LogP contribution in [0.1, 0.15) is 37.8 Å². The maximum Gasteiger partial charge on any atom is 0.125 e. The van der Waals surface area contributed by atoms with E-state index in [9.17, 15) is 4.39 Å². The number of likely N-dealkylation sites (tertiary alicyclic amines) is 1. The van der Waals surface area contributed by atoms with E-state index in [1.165, 1.54) is 25.3 Å². The van der Waals surface area contributed by atoms with Crippen LogP contribution in [0.4, 0.5) is 4.39 Å². The highest BCUT2D eigenvalue weighted by molar-refractivity contribution is 6.30. The van der Waals surface area contributed by atoms with E-state index in [4.69, 9.17) is 17.3 Å². The van der Waals surface area contributed by atoms with E-state index in [1.54, 1.807) is 6.07 Å². The molecule has 0 aromatic heterocycles. The zero-order valence-corrected chi connectivity index (χ0v) is 12.2. The van der Waals surface area contributed by atoms with E-state index >= 15 is 0 Å². The van der Waals surface area contributed by atoms with Gasteiger partial charge in [0.1, 0.15) is 5.82 Å². The van der Waals surface area contributed by atoms with Gasteiger partial charge in [-0.1, -0.05) is 24.9 Å². The summed E-state index contributed by atoms with van der Waals surface area (Å²) in [5.41, 5.74) is 6.79. The van der Waals surface area contributed by atoms with Crippen molar-refractivity contribution in [3.05, 3.63) is 34.6 Å². The van der Waals surface area contributed by atoms with Crippen LogP contribution < -0.4 is 5.73 Å². The molecule has 1 saturated heterocycles. The van der Waals surface area contributed by atoms with Crippen LogP contribution in [0, 0.1) is 11.7 Å². The topological polar surface area (TPSA) is 29.3 Å². The van der Waals surface area contributed by atoms with Gasteiger partial charge in [-0.25, -0.2) is 4.39 Å². The molecule has 4 heteroatoms. The number of rotatable bonds is 4. The average molecular weight is 285 g/mol. The number of nitrogens with zero attached hydrogens (tertiary/aromatic N) is 1. The van der Waals surface area contributed by atoms with Crippen molar-refractivity contribution in [1.29, 1.82) is 0 Å². The molecule has 1 aliphatic rings. The lowest BCUT2D eigenvalue weighted by Gasteiger charge is -2.37. The highest BCUT2D eigenvalue weighted by Crippen LogP contribution is 2.29. The minimum atomic E-state index is -0.288. The number of hydrogen-bond donors (Lipinski definition) is 1. The molecule has 0 aliphatic carbocycles. The minimum Gasteiger partial charge on any atom is -0.329 e. The number of piperidine rings is 1. The second-order valence-electron chi connectivity index (χ2n) is 5.34. The molecule has 1 unspecified atom stereocenters. The zero-order chi connectivity index (χ0) is 13.8. The third kappa shape index (κ3) is 3.68. The summed E-state index contributed by atoms with van der Waals surface area (Å²) < 4.78 is 13.5. The van der Waals surface area contributed by atoms with E-state index < -0.39 is 0 Å². The molecule has 0 bridgehead atoms. The van der Waals surface area contributed by atoms with Gasteiger partial charge in [-0.15, -0.1) is 0 Å². The van der Waals surface area contributed by atoms with E-state index in [0.717, 1.165) is 24.6 Å². The van der Waals surface area contributed by atoms with Crippen LogP contribution in [0.2, 0.25) is 5.02 Å². The first-order valence-electron chi connectivity index (χ1n) is 7.04. The summed E-state index contributed by atoms with van der Waals surface area (Å²) in [5.74, 6) is 0.537. The molecule has 0 saturated carbocycles. The van der Waals surface area contributed by atoms with Gasteiger partial charge in [0.25, 0.3) is 0 Å². The number of hydrogen-bond acceptors (Lipinski definition) is 2. The normalized spacial score (nSPS) is 19.6. The Morgan fingerprint density at radius 1 is 1.37 bits per heavy atom. The fraction of sp³-hybridized carbons (Fsp3) is 0.600. The zero-order valence-electron chi connectivity index (χ0n) is 11.4. The van der Waals surface area contributed by atoms with Crippen LogP contribution in [0.25, 0.3) is 0 Å². The number of halogens is 2. The predicted molar refractivity (Wildman–Crippen MR) is 77.8 cm³/mol. The van der Waals surface area contributed by atoms with Gasteiger partial charge in [-0.2, -0.15) is 0 Å². The lowest BCUT2D eigenvalue weighted by Crippen LogP contribution is -2.39. The molecule has 2 rings (SSSR count). The fourth-order valence-electron chi connectivity index (χ4n) is 2.94. The molecule has 1 aromatic carbocycles. The highest BCUT2D eigenvalue weighted by atomic mass is 35.5. The standard InChI is InChI=1S/C15H22ClFN2/c1-2-11-3-5-19(6-4-11)15(10-18)12-7-13(16)9-14(17)8-12/h7-9,11,15H,2-6,10,18H2,1H3. The Kier molecular flexibility index (Phi) is 5.20. The molecule has 19 heavy (non-hydrogen) atoms. The molecule has 1 fully saturated rings. The Balaban J connectivity index is 2.11. The predicted octanol–water partition coefficient (Wildman–Crippen LogP) is 3.60. The minimum absolute atomic E-state index is 0.0750. The van der Waals surface area contributed by atoms with E-state index in [1.807, 2.05) is 6.07 Å². The Hall–Kier alpha value is -0.640. The van der Waals surface area contributed by atoms with Crippen molar-refractivity contribution in [3.63, 3.8) is 0 Å². The van der Waals surface area contributed by atoms with Crippen molar-refractivity contribution >= 4 is 11.6 Å². The summed E-state index contributed by atoms with van der Waals surface area (Å²) in [6.07, 6.45) is 3.65. The van der Waals surface area contributed by atoms with Crippen LogP contribution in [-0.4, -0.2) is 24.5 Å². The Morgan fingerprint density at radius 3 is 2.58 bits per heavy atom. The van der Waals surface area contributed by atoms with Crippen LogP contribution in [0.5, 0.6) is 0 Å². The molecular weight excluding hydrogens is 263 g/mol. The Morgan fingerprint density at radius 2 is 2.05 bits per heavy atom. The summed E-state index contributed by atoms with van der Waals surface area (Å²) >= 11 is 5.94. The van der Waals surface area contributed by atoms with Gasteiger partial charge < -0.3 is 5.73 Å². The number of nitrogens with two attached hydrogens (primary N) is 1. The van der Waals surface area contributed by atoms with Gasteiger partial charge in [0.15, 0.2) is 0 Å². The highest BCUT2D eigenvalue weighted by Gasteiger charge is 2.25. The van der Waals surface area contributed by atoms with Gasteiger partial charge in [0.05, 0.1) is 0 Å². The van der Waals surface area contributed by atoms with Gasteiger partial charge in [-0.05, 0) is 55.6 Å². The van der Waals surface area contributed by atoms with Gasteiger partial charge >= 0.3 is 0 Å². The molecule has 0 amide bonds. The van der Waals surface area contributed by atoms with Crippen molar-refractivity contribution < 1.29 is 4.39 Å². The number of benzene rings is 1. The average Bonchev–Trinajstić information content (AvgIpc) is 2.39. The lowest BCUT2D eigenvalue weighted by molar-refractivity contribution is 0.134. The van der Waals surface area contributed by atoms with Crippen molar-refractivity contribution in [2.24, 2.45) is 11.7 Å². The van der Waals surface area contributed by atoms with Gasteiger partial charge in [-0.3, -0.25) is 4.90 Å². The van der Waals surface area contributed by atoms with Crippen molar-refractivity contribution in [1.82, 2.24) is 4.90 Å². The smallest absolute Gasteiger partial charge is 0.125 e. The molecular formula is C15H22ClFN2. The fourth-order valence-corrected chi connectivity index (χ4v) is 3.17. The summed E-state index contributed by atoms with van der Waals surface area (Å²) in [5, 5.41) is 0.442. The van der Waals surface area contributed by atoms with Crippen LogP contribution >= 0.6 is 11.6 Å². The second-order valence-corrected chi connectivity index (χ2v) is 5.78.